The molecule has 152 valence electrons. The van der Waals surface area contributed by atoms with Gasteiger partial charge in [-0.15, -0.1) is 0 Å². The molecule has 1 aliphatic rings. The minimum Gasteiger partial charge on any atom is -0.495 e. The number of anilines is 1. The molecule has 0 radical (unpaired) electrons. The zero-order chi connectivity index (χ0) is 20.0. The second kappa shape index (κ2) is 9.61. The molecular formula is C18H28ClN3O4S. The van der Waals surface area contributed by atoms with Crippen LogP contribution < -0.4 is 14.4 Å². The van der Waals surface area contributed by atoms with Gasteiger partial charge >= 0.3 is 0 Å². The number of sulfonamides is 1. The van der Waals surface area contributed by atoms with Crippen LogP contribution >= 0.6 is 11.6 Å². The average molecular weight is 418 g/mol. The van der Waals surface area contributed by atoms with Gasteiger partial charge in [-0.05, 0) is 64.0 Å². The van der Waals surface area contributed by atoms with E-state index in [9.17, 15) is 13.2 Å². The van der Waals surface area contributed by atoms with E-state index in [4.69, 9.17) is 16.3 Å². The van der Waals surface area contributed by atoms with Gasteiger partial charge in [-0.3, -0.25) is 9.10 Å². The Morgan fingerprint density at radius 1 is 1.37 bits per heavy atom. The van der Waals surface area contributed by atoms with Gasteiger partial charge < -0.3 is 15.0 Å². The Bertz CT molecular complexity index is 751. The summed E-state index contributed by atoms with van der Waals surface area (Å²) in [4.78, 5) is 15.0. The molecule has 9 heteroatoms. The second-order valence-corrected chi connectivity index (χ2v) is 9.04. The number of halogens is 1. The molecule has 0 bridgehead atoms. The summed E-state index contributed by atoms with van der Waals surface area (Å²) < 4.78 is 31.1. The van der Waals surface area contributed by atoms with Crippen LogP contribution in [0.4, 0.5) is 5.69 Å². The molecule has 1 fully saturated rings. The zero-order valence-electron chi connectivity index (χ0n) is 16.1. The Morgan fingerprint density at radius 3 is 2.63 bits per heavy atom. The lowest BCUT2D eigenvalue weighted by atomic mass is 10.2. The number of amides is 1. The minimum absolute atomic E-state index is 0.243. The maximum atomic E-state index is 12.6. The molecule has 1 aliphatic heterocycles. The Morgan fingerprint density at radius 2 is 2.04 bits per heavy atom. The number of likely N-dealkylation sites (tertiary alicyclic amines) is 1. The molecule has 1 aromatic carbocycles. The molecule has 1 heterocycles. The van der Waals surface area contributed by atoms with Crippen molar-refractivity contribution in [2.75, 3.05) is 43.8 Å². The summed E-state index contributed by atoms with van der Waals surface area (Å²) in [6.07, 6.45) is 4.35. The van der Waals surface area contributed by atoms with E-state index in [1.807, 2.05) is 0 Å². The van der Waals surface area contributed by atoms with E-state index in [2.05, 4.69) is 10.2 Å². The normalized spacial score (nSPS) is 16.1. The third-order valence-electron chi connectivity index (χ3n) is 4.62. The van der Waals surface area contributed by atoms with Crippen molar-refractivity contribution in [1.82, 2.24) is 10.2 Å². The number of nitrogens with one attached hydrogen (secondary N) is 1. The predicted molar refractivity (Wildman–Crippen MR) is 108 cm³/mol. The number of carbonyl (C=O) groups excluding carboxylic acids is 1. The molecule has 1 amide bonds. The molecule has 0 saturated carbocycles. The molecule has 1 unspecified atom stereocenters. The van der Waals surface area contributed by atoms with Gasteiger partial charge in [-0.2, -0.15) is 0 Å². The summed E-state index contributed by atoms with van der Waals surface area (Å²) in [5.41, 5.74) is 0.243. The maximum Gasteiger partial charge on any atom is 0.243 e. The fourth-order valence-corrected chi connectivity index (χ4v) is 4.62. The first-order valence-electron chi connectivity index (χ1n) is 9.07. The molecule has 0 spiro atoms. The SMILES string of the molecule is COc1ccc(Cl)cc1N(C(C)C(=O)NCCCN1CCCC1)S(C)(=O)=O. The lowest BCUT2D eigenvalue weighted by Crippen LogP contribution is -2.48. The molecule has 1 atom stereocenters. The van der Waals surface area contributed by atoms with Crippen LogP contribution in [0.2, 0.25) is 5.02 Å². The van der Waals surface area contributed by atoms with E-state index in [0.717, 1.165) is 36.6 Å². The molecule has 1 N–H and O–H groups in total. The van der Waals surface area contributed by atoms with E-state index in [1.54, 1.807) is 19.1 Å². The highest BCUT2D eigenvalue weighted by atomic mass is 35.5. The Hall–Kier alpha value is -1.51. The summed E-state index contributed by atoms with van der Waals surface area (Å²) in [5.74, 6) is -0.0256. The highest BCUT2D eigenvalue weighted by Crippen LogP contribution is 2.34. The third kappa shape index (κ3) is 5.99. The van der Waals surface area contributed by atoms with Gasteiger partial charge in [-0.1, -0.05) is 11.6 Å². The van der Waals surface area contributed by atoms with Crippen LogP contribution in [0.25, 0.3) is 0 Å². The van der Waals surface area contributed by atoms with E-state index in [1.165, 1.54) is 26.0 Å². The van der Waals surface area contributed by atoms with Gasteiger partial charge in [0.05, 0.1) is 19.1 Å². The van der Waals surface area contributed by atoms with Gasteiger partial charge in [-0.25, -0.2) is 8.42 Å². The van der Waals surface area contributed by atoms with E-state index in [0.29, 0.717) is 17.3 Å². The number of ether oxygens (including phenoxy) is 1. The van der Waals surface area contributed by atoms with Crippen molar-refractivity contribution in [3.63, 3.8) is 0 Å². The molecule has 7 nitrogen and oxygen atoms in total. The monoisotopic (exact) mass is 417 g/mol. The number of benzene rings is 1. The van der Waals surface area contributed by atoms with Crippen LogP contribution in [0.1, 0.15) is 26.2 Å². The average Bonchev–Trinajstić information content (AvgIpc) is 3.11. The van der Waals surface area contributed by atoms with Crippen molar-refractivity contribution in [2.45, 2.75) is 32.2 Å². The minimum atomic E-state index is -3.73. The van der Waals surface area contributed by atoms with E-state index in [-0.39, 0.29) is 11.6 Å². The number of carbonyl (C=O) groups is 1. The van der Waals surface area contributed by atoms with Crippen molar-refractivity contribution in [1.29, 1.82) is 0 Å². The van der Waals surface area contributed by atoms with Gasteiger partial charge in [0, 0.05) is 11.6 Å². The third-order valence-corrected chi connectivity index (χ3v) is 6.08. The summed E-state index contributed by atoms with van der Waals surface area (Å²) in [7, 11) is -2.29. The van der Waals surface area contributed by atoms with E-state index < -0.39 is 16.1 Å². The summed E-state index contributed by atoms with van der Waals surface area (Å²) >= 11 is 6.03. The quantitative estimate of drug-likeness (QED) is 0.622. The van der Waals surface area contributed by atoms with Crippen LogP contribution in [0, 0.1) is 0 Å². The molecule has 0 aliphatic carbocycles. The molecule has 0 aromatic heterocycles. The Balaban J connectivity index is 2.07. The van der Waals surface area contributed by atoms with Crippen LogP contribution in [0.3, 0.4) is 0 Å². The number of hydrogen-bond donors (Lipinski definition) is 1. The van der Waals surface area contributed by atoms with Crippen molar-refractivity contribution in [2.24, 2.45) is 0 Å². The first-order valence-corrected chi connectivity index (χ1v) is 11.3. The topological polar surface area (TPSA) is 79.0 Å². The van der Waals surface area contributed by atoms with Gasteiger partial charge in [0.25, 0.3) is 0 Å². The fourth-order valence-electron chi connectivity index (χ4n) is 3.28. The standard InChI is InChI=1S/C18H28ClN3O4S/c1-14(18(23)20-9-6-12-21-10-4-5-11-21)22(27(3,24)25)16-13-15(19)7-8-17(16)26-2/h7-8,13-14H,4-6,9-12H2,1-3H3,(H,20,23). The van der Waals surface area contributed by atoms with Crippen LogP contribution in [-0.2, 0) is 14.8 Å². The lowest BCUT2D eigenvalue weighted by molar-refractivity contribution is -0.121. The summed E-state index contributed by atoms with van der Waals surface area (Å²) in [5, 5.41) is 3.19. The Kier molecular flexibility index (Phi) is 7.76. The molecule has 2 rings (SSSR count). The molecule has 27 heavy (non-hydrogen) atoms. The predicted octanol–water partition coefficient (Wildman–Crippen LogP) is 2.11. The first-order chi connectivity index (χ1) is 12.7. The smallest absolute Gasteiger partial charge is 0.243 e. The van der Waals surface area contributed by atoms with Gasteiger partial charge in [0.2, 0.25) is 15.9 Å². The number of nitrogens with zero attached hydrogens (tertiary/aromatic N) is 2. The summed E-state index contributed by atoms with van der Waals surface area (Å²) in [6.45, 7) is 5.22. The van der Waals surface area contributed by atoms with Crippen molar-refractivity contribution in [3.05, 3.63) is 23.2 Å². The Labute approximate surface area is 166 Å². The van der Waals surface area contributed by atoms with Crippen molar-refractivity contribution >= 4 is 33.2 Å². The van der Waals surface area contributed by atoms with Crippen LogP contribution in [0.15, 0.2) is 18.2 Å². The fraction of sp³-hybridized carbons (Fsp3) is 0.611. The molecule has 1 aromatic rings. The largest absolute Gasteiger partial charge is 0.495 e. The van der Waals surface area contributed by atoms with Crippen molar-refractivity contribution < 1.29 is 17.9 Å². The first kappa shape index (κ1) is 21.8. The van der Waals surface area contributed by atoms with Crippen molar-refractivity contribution in [3.8, 4) is 5.75 Å². The number of methoxy groups -OCH3 is 1. The maximum absolute atomic E-state index is 12.6. The van der Waals surface area contributed by atoms with Gasteiger partial charge in [0.1, 0.15) is 11.8 Å². The number of hydrogen-bond acceptors (Lipinski definition) is 5. The van der Waals surface area contributed by atoms with E-state index >= 15 is 0 Å². The highest BCUT2D eigenvalue weighted by molar-refractivity contribution is 7.92. The summed E-state index contributed by atoms with van der Waals surface area (Å²) in [6, 6.07) is 3.74. The molecule has 1 saturated heterocycles. The van der Waals surface area contributed by atoms with Gasteiger partial charge in [0.15, 0.2) is 0 Å². The highest BCUT2D eigenvalue weighted by Gasteiger charge is 2.31. The van der Waals surface area contributed by atoms with Crippen LogP contribution in [-0.4, -0.2) is 64.8 Å². The van der Waals surface area contributed by atoms with Crippen LogP contribution in [0.5, 0.6) is 5.75 Å². The lowest BCUT2D eigenvalue weighted by Gasteiger charge is -2.29. The zero-order valence-corrected chi connectivity index (χ0v) is 17.6. The number of rotatable bonds is 9. The second-order valence-electron chi connectivity index (χ2n) is 6.74. The molecular weight excluding hydrogens is 390 g/mol.